The van der Waals surface area contributed by atoms with E-state index in [4.69, 9.17) is 4.74 Å². The molecule has 1 aliphatic heterocycles. The van der Waals surface area contributed by atoms with Crippen LogP contribution in [0, 0.1) is 18.6 Å². The van der Waals surface area contributed by atoms with Crippen molar-refractivity contribution >= 4 is 11.8 Å². The fourth-order valence-electron chi connectivity index (χ4n) is 2.76. The van der Waals surface area contributed by atoms with Crippen LogP contribution in [0.15, 0.2) is 30.5 Å². The van der Waals surface area contributed by atoms with Crippen molar-refractivity contribution in [2.24, 2.45) is 0 Å². The van der Waals surface area contributed by atoms with Crippen molar-refractivity contribution in [1.29, 1.82) is 0 Å². The summed E-state index contributed by atoms with van der Waals surface area (Å²) >= 11 is 0. The molecule has 142 valence electrons. The Morgan fingerprint density at radius 1 is 1.30 bits per heavy atom. The summed E-state index contributed by atoms with van der Waals surface area (Å²) in [6.45, 7) is 2.11. The highest BCUT2D eigenvalue weighted by Gasteiger charge is 2.22. The second-order valence-corrected chi connectivity index (χ2v) is 6.27. The number of halogens is 2. The Morgan fingerprint density at radius 3 is 2.85 bits per heavy atom. The highest BCUT2D eigenvalue weighted by Crippen LogP contribution is 2.28. The molecule has 1 aromatic heterocycles. The molecule has 0 saturated carbocycles. The van der Waals surface area contributed by atoms with Gasteiger partial charge in [0.25, 0.3) is 0 Å². The number of benzene rings is 1. The Labute approximate surface area is 155 Å². The lowest BCUT2D eigenvalue weighted by Crippen LogP contribution is -2.37. The van der Waals surface area contributed by atoms with E-state index in [2.05, 4.69) is 10.3 Å². The number of hydrogen-bond donors (Lipinski definition) is 1. The molecule has 0 spiro atoms. The third-order valence-electron chi connectivity index (χ3n) is 4.28. The summed E-state index contributed by atoms with van der Waals surface area (Å²) in [5.41, 5.74) is 0.670. The lowest BCUT2D eigenvalue weighted by molar-refractivity contribution is -0.133. The number of rotatable bonds is 6. The Balaban J connectivity index is 1.66. The standard InChI is InChI=1S/C19H19F2N3O3/c1-12-6-7-14(18(21)17(12)20)27-19-13(4-2-8-22-19)10-23-15(25)11-24-9-3-5-16(24)26/h2,4,6-8H,3,5,9-11H2,1H3,(H,23,25). The van der Waals surface area contributed by atoms with Gasteiger partial charge in [0.05, 0.1) is 6.54 Å². The number of likely N-dealkylation sites (tertiary alicyclic amines) is 1. The molecule has 0 aliphatic carbocycles. The van der Waals surface area contributed by atoms with Crippen molar-refractivity contribution in [3.63, 3.8) is 0 Å². The van der Waals surface area contributed by atoms with Crippen LogP contribution in [0.25, 0.3) is 0 Å². The molecule has 27 heavy (non-hydrogen) atoms. The van der Waals surface area contributed by atoms with Gasteiger partial charge in [0.15, 0.2) is 11.6 Å². The summed E-state index contributed by atoms with van der Waals surface area (Å²) in [7, 11) is 0. The first-order valence-corrected chi connectivity index (χ1v) is 8.56. The van der Waals surface area contributed by atoms with E-state index in [1.807, 2.05) is 0 Å². The lowest BCUT2D eigenvalue weighted by Gasteiger charge is -2.16. The van der Waals surface area contributed by atoms with E-state index >= 15 is 0 Å². The van der Waals surface area contributed by atoms with E-state index < -0.39 is 11.6 Å². The minimum Gasteiger partial charge on any atom is -0.435 e. The first-order valence-electron chi connectivity index (χ1n) is 8.56. The fourth-order valence-corrected chi connectivity index (χ4v) is 2.76. The molecule has 0 unspecified atom stereocenters. The Hall–Kier alpha value is -3.03. The van der Waals surface area contributed by atoms with Gasteiger partial charge < -0.3 is 15.0 Å². The molecule has 2 aromatic rings. The van der Waals surface area contributed by atoms with Crippen molar-refractivity contribution < 1.29 is 23.1 Å². The number of carbonyl (C=O) groups is 2. The predicted molar refractivity (Wildman–Crippen MR) is 93.1 cm³/mol. The van der Waals surface area contributed by atoms with Crippen molar-refractivity contribution in [1.82, 2.24) is 15.2 Å². The van der Waals surface area contributed by atoms with Gasteiger partial charge in [-0.3, -0.25) is 9.59 Å². The SMILES string of the molecule is Cc1ccc(Oc2ncccc2CNC(=O)CN2CCCC2=O)c(F)c1F. The van der Waals surface area contributed by atoms with Gasteiger partial charge in [-0.15, -0.1) is 0 Å². The number of aryl methyl sites for hydroxylation is 1. The van der Waals surface area contributed by atoms with Crippen LogP contribution in [0.2, 0.25) is 0 Å². The summed E-state index contributed by atoms with van der Waals surface area (Å²) in [5, 5.41) is 2.69. The summed E-state index contributed by atoms with van der Waals surface area (Å²) < 4.78 is 33.1. The maximum Gasteiger partial charge on any atom is 0.239 e. The summed E-state index contributed by atoms with van der Waals surface area (Å²) in [5.74, 6) is -2.64. The van der Waals surface area contributed by atoms with Crippen LogP contribution in [-0.2, 0) is 16.1 Å². The van der Waals surface area contributed by atoms with Gasteiger partial charge in [-0.1, -0.05) is 12.1 Å². The maximum absolute atomic E-state index is 14.0. The molecule has 1 saturated heterocycles. The van der Waals surface area contributed by atoms with Gasteiger partial charge in [-0.2, -0.15) is 4.39 Å². The number of hydrogen-bond acceptors (Lipinski definition) is 4. The molecule has 1 N–H and O–H groups in total. The lowest BCUT2D eigenvalue weighted by atomic mass is 10.2. The average molecular weight is 375 g/mol. The van der Waals surface area contributed by atoms with Crippen LogP contribution in [0.3, 0.4) is 0 Å². The molecular weight excluding hydrogens is 356 g/mol. The first-order chi connectivity index (χ1) is 13.0. The Bertz CT molecular complexity index is 873. The topological polar surface area (TPSA) is 71.5 Å². The third-order valence-corrected chi connectivity index (χ3v) is 4.28. The summed E-state index contributed by atoms with van der Waals surface area (Å²) in [6.07, 6.45) is 2.67. The second kappa shape index (κ2) is 8.11. The number of amides is 2. The van der Waals surface area contributed by atoms with Gasteiger partial charge in [-0.05, 0) is 31.0 Å². The number of nitrogens with zero attached hydrogens (tertiary/aromatic N) is 2. The minimum absolute atomic E-state index is 0.00686. The van der Waals surface area contributed by atoms with E-state index in [9.17, 15) is 18.4 Å². The number of ether oxygens (including phenoxy) is 1. The molecule has 0 bridgehead atoms. The van der Waals surface area contributed by atoms with Crippen LogP contribution >= 0.6 is 0 Å². The van der Waals surface area contributed by atoms with E-state index in [0.29, 0.717) is 18.5 Å². The zero-order valence-corrected chi connectivity index (χ0v) is 14.8. The van der Waals surface area contributed by atoms with Crippen molar-refractivity contribution in [3.8, 4) is 11.6 Å². The van der Waals surface area contributed by atoms with Crippen LogP contribution in [0.1, 0.15) is 24.0 Å². The predicted octanol–water partition coefficient (Wildman–Crippen LogP) is 2.70. The molecular formula is C19H19F2N3O3. The third kappa shape index (κ3) is 4.39. The van der Waals surface area contributed by atoms with E-state index in [-0.39, 0.29) is 42.1 Å². The average Bonchev–Trinajstić information content (AvgIpc) is 3.06. The summed E-state index contributed by atoms with van der Waals surface area (Å²) in [6, 6.07) is 6.03. The summed E-state index contributed by atoms with van der Waals surface area (Å²) in [4.78, 5) is 29.2. The molecule has 1 fully saturated rings. The second-order valence-electron chi connectivity index (χ2n) is 6.27. The highest BCUT2D eigenvalue weighted by molar-refractivity contribution is 5.85. The molecule has 3 rings (SSSR count). The normalized spacial score (nSPS) is 13.7. The van der Waals surface area contributed by atoms with Crippen LogP contribution < -0.4 is 10.1 Å². The molecule has 0 atom stereocenters. The van der Waals surface area contributed by atoms with Gasteiger partial charge >= 0.3 is 0 Å². The van der Waals surface area contributed by atoms with Crippen molar-refractivity contribution in [2.45, 2.75) is 26.3 Å². The van der Waals surface area contributed by atoms with E-state index in [1.54, 1.807) is 12.1 Å². The number of pyridine rings is 1. The van der Waals surface area contributed by atoms with E-state index in [0.717, 1.165) is 6.42 Å². The largest absolute Gasteiger partial charge is 0.435 e. The van der Waals surface area contributed by atoms with Crippen molar-refractivity contribution in [2.75, 3.05) is 13.1 Å². The van der Waals surface area contributed by atoms with Gasteiger partial charge in [-0.25, -0.2) is 9.37 Å². The molecule has 8 heteroatoms. The van der Waals surface area contributed by atoms with Crippen molar-refractivity contribution in [3.05, 3.63) is 53.2 Å². The number of aromatic nitrogens is 1. The van der Waals surface area contributed by atoms with Gasteiger partial charge in [0, 0.05) is 31.3 Å². The van der Waals surface area contributed by atoms with E-state index in [1.165, 1.54) is 30.2 Å². The van der Waals surface area contributed by atoms with Crippen LogP contribution in [0.4, 0.5) is 8.78 Å². The molecule has 1 aliphatic rings. The Morgan fingerprint density at radius 2 is 2.11 bits per heavy atom. The smallest absolute Gasteiger partial charge is 0.239 e. The van der Waals surface area contributed by atoms with Gasteiger partial charge in [0.2, 0.25) is 23.5 Å². The quantitative estimate of drug-likeness (QED) is 0.843. The molecule has 2 heterocycles. The highest BCUT2D eigenvalue weighted by atomic mass is 19.2. The molecule has 1 aromatic carbocycles. The monoisotopic (exact) mass is 375 g/mol. The maximum atomic E-state index is 14.0. The zero-order chi connectivity index (χ0) is 19.4. The number of nitrogens with one attached hydrogen (secondary N) is 1. The van der Waals surface area contributed by atoms with Crippen LogP contribution in [-0.4, -0.2) is 34.8 Å². The van der Waals surface area contributed by atoms with Gasteiger partial charge in [0.1, 0.15) is 0 Å². The zero-order valence-electron chi connectivity index (χ0n) is 14.8. The Kier molecular flexibility index (Phi) is 5.63. The number of carbonyl (C=O) groups excluding carboxylic acids is 2. The fraction of sp³-hybridized carbons (Fsp3) is 0.316. The molecule has 6 nitrogen and oxygen atoms in total. The molecule has 0 radical (unpaired) electrons. The molecule has 2 amide bonds. The minimum atomic E-state index is -1.09. The first kappa shape index (κ1) is 18.8. The van der Waals surface area contributed by atoms with Crippen LogP contribution in [0.5, 0.6) is 11.6 Å².